The first-order chi connectivity index (χ1) is 13.3. The van der Waals surface area contributed by atoms with Crippen molar-refractivity contribution in [3.63, 3.8) is 0 Å². The summed E-state index contributed by atoms with van der Waals surface area (Å²) in [5, 5.41) is 5.20. The van der Waals surface area contributed by atoms with Crippen molar-refractivity contribution in [3.8, 4) is 0 Å². The van der Waals surface area contributed by atoms with Crippen molar-refractivity contribution in [2.24, 2.45) is 5.92 Å². The fourth-order valence-electron chi connectivity index (χ4n) is 2.68. The zero-order valence-corrected chi connectivity index (χ0v) is 17.6. The summed E-state index contributed by atoms with van der Waals surface area (Å²) in [5.41, 5.74) is 0.418. The predicted octanol–water partition coefficient (Wildman–Crippen LogP) is 4.11. The maximum atomic E-state index is 12.6. The van der Waals surface area contributed by atoms with Gasteiger partial charge in [-0.3, -0.25) is 4.79 Å². The number of hydrogen-bond donors (Lipinski definition) is 1. The van der Waals surface area contributed by atoms with Crippen LogP contribution in [0.25, 0.3) is 11.0 Å². The number of esters is 1. The molecule has 0 spiro atoms. The highest BCUT2D eigenvalue weighted by atomic mass is 79.9. The van der Waals surface area contributed by atoms with Gasteiger partial charge in [-0.25, -0.2) is 9.59 Å². The quantitative estimate of drug-likeness (QED) is 0.438. The Balaban J connectivity index is 1.75. The molecule has 3 rings (SSSR count). The van der Waals surface area contributed by atoms with Gasteiger partial charge in [0.05, 0.1) is 4.88 Å². The van der Waals surface area contributed by atoms with Crippen molar-refractivity contribution < 1.29 is 18.7 Å². The third-order valence-corrected chi connectivity index (χ3v) is 5.48. The standard InChI is InChI=1S/C20H18BrNO5S/c1-11(2)18(22-19(24)16-4-3-7-28-16)20(25)26-10-12-8-17(23)27-15-9-13(21)5-6-14(12)15/h3-9,11,18H,10H2,1-2H3,(H,22,24). The second kappa shape index (κ2) is 8.70. The number of carbonyl (C=O) groups is 2. The molecule has 28 heavy (non-hydrogen) atoms. The van der Waals surface area contributed by atoms with E-state index in [0.717, 1.165) is 4.47 Å². The summed E-state index contributed by atoms with van der Waals surface area (Å²) in [7, 11) is 0. The summed E-state index contributed by atoms with van der Waals surface area (Å²) >= 11 is 4.63. The van der Waals surface area contributed by atoms with Gasteiger partial charge in [-0.2, -0.15) is 0 Å². The second-order valence-electron chi connectivity index (χ2n) is 6.51. The van der Waals surface area contributed by atoms with Crippen LogP contribution in [0.5, 0.6) is 0 Å². The SMILES string of the molecule is CC(C)C(NC(=O)c1cccs1)C(=O)OCc1cc(=O)oc2cc(Br)ccc12. The summed E-state index contributed by atoms with van der Waals surface area (Å²) in [6.07, 6.45) is 0. The Bertz CT molecular complexity index is 1060. The predicted molar refractivity (Wildman–Crippen MR) is 110 cm³/mol. The van der Waals surface area contributed by atoms with Crippen LogP contribution in [0.4, 0.5) is 0 Å². The molecule has 6 nitrogen and oxygen atoms in total. The molecule has 0 fully saturated rings. The Morgan fingerprint density at radius 1 is 1.25 bits per heavy atom. The van der Waals surface area contributed by atoms with E-state index in [0.29, 0.717) is 21.4 Å². The summed E-state index contributed by atoms with van der Waals surface area (Å²) in [5.74, 6) is -1.04. The molecule has 0 saturated heterocycles. The highest BCUT2D eigenvalue weighted by Crippen LogP contribution is 2.22. The van der Waals surface area contributed by atoms with E-state index >= 15 is 0 Å². The van der Waals surface area contributed by atoms with Crippen LogP contribution in [0.1, 0.15) is 29.1 Å². The van der Waals surface area contributed by atoms with Gasteiger partial charge < -0.3 is 14.5 Å². The van der Waals surface area contributed by atoms with Crippen LogP contribution in [0.2, 0.25) is 0 Å². The molecule has 8 heteroatoms. The molecule has 146 valence electrons. The molecule has 0 aliphatic heterocycles. The minimum absolute atomic E-state index is 0.0966. The average molecular weight is 464 g/mol. The highest BCUT2D eigenvalue weighted by Gasteiger charge is 2.26. The average Bonchev–Trinajstić information content (AvgIpc) is 3.17. The smallest absolute Gasteiger partial charge is 0.336 e. The van der Waals surface area contributed by atoms with Crippen molar-refractivity contribution in [3.05, 3.63) is 67.1 Å². The largest absolute Gasteiger partial charge is 0.459 e. The van der Waals surface area contributed by atoms with E-state index in [9.17, 15) is 14.4 Å². The zero-order valence-electron chi connectivity index (χ0n) is 15.2. The number of benzene rings is 1. The Morgan fingerprint density at radius 2 is 2.04 bits per heavy atom. The lowest BCUT2D eigenvalue weighted by atomic mass is 10.0. The highest BCUT2D eigenvalue weighted by molar-refractivity contribution is 9.10. The molecule has 2 aromatic heterocycles. The zero-order chi connectivity index (χ0) is 20.3. The van der Waals surface area contributed by atoms with Crippen molar-refractivity contribution in [1.82, 2.24) is 5.32 Å². The number of thiophene rings is 1. The lowest BCUT2D eigenvalue weighted by Crippen LogP contribution is -2.45. The van der Waals surface area contributed by atoms with Crippen molar-refractivity contribution in [2.75, 3.05) is 0 Å². The molecular weight excluding hydrogens is 446 g/mol. The minimum Gasteiger partial charge on any atom is -0.459 e. The number of amides is 1. The molecule has 1 amide bonds. The van der Waals surface area contributed by atoms with Crippen LogP contribution in [-0.4, -0.2) is 17.9 Å². The van der Waals surface area contributed by atoms with Gasteiger partial charge >= 0.3 is 11.6 Å². The summed E-state index contributed by atoms with van der Waals surface area (Å²) in [6.45, 7) is 3.55. The Labute approximate surface area is 173 Å². The van der Waals surface area contributed by atoms with Gasteiger partial charge in [0, 0.05) is 21.5 Å². The van der Waals surface area contributed by atoms with E-state index in [1.54, 1.807) is 29.6 Å². The number of fused-ring (bicyclic) bond motifs is 1. The third-order valence-electron chi connectivity index (χ3n) is 4.11. The molecular formula is C20H18BrNO5S. The van der Waals surface area contributed by atoms with Crippen molar-refractivity contribution >= 4 is 50.1 Å². The Hall–Kier alpha value is -2.45. The maximum Gasteiger partial charge on any atom is 0.336 e. The second-order valence-corrected chi connectivity index (χ2v) is 8.37. The number of hydrogen-bond acceptors (Lipinski definition) is 6. The number of nitrogens with one attached hydrogen (secondary N) is 1. The van der Waals surface area contributed by atoms with Gasteiger partial charge in [-0.15, -0.1) is 11.3 Å². The first-order valence-electron chi connectivity index (χ1n) is 8.58. The number of halogens is 1. The lowest BCUT2D eigenvalue weighted by molar-refractivity contribution is -0.148. The maximum absolute atomic E-state index is 12.6. The molecule has 3 aromatic rings. The molecule has 1 aromatic carbocycles. The van der Waals surface area contributed by atoms with E-state index < -0.39 is 17.6 Å². The number of rotatable bonds is 6. The third kappa shape index (κ3) is 4.69. The van der Waals surface area contributed by atoms with Gasteiger partial charge in [0.15, 0.2) is 0 Å². The molecule has 1 unspecified atom stereocenters. The van der Waals surface area contributed by atoms with Crippen LogP contribution in [0, 0.1) is 5.92 Å². The molecule has 2 heterocycles. The van der Waals surface area contributed by atoms with Gasteiger partial charge in [-0.1, -0.05) is 35.8 Å². The van der Waals surface area contributed by atoms with Gasteiger partial charge in [-0.05, 0) is 35.6 Å². The fourth-order valence-corrected chi connectivity index (χ4v) is 3.65. The monoisotopic (exact) mass is 463 g/mol. The van der Waals surface area contributed by atoms with Crippen LogP contribution >= 0.6 is 27.3 Å². The van der Waals surface area contributed by atoms with Gasteiger partial charge in [0.1, 0.15) is 18.2 Å². The first-order valence-corrected chi connectivity index (χ1v) is 10.3. The molecule has 0 saturated carbocycles. The molecule has 1 N–H and O–H groups in total. The molecule has 0 radical (unpaired) electrons. The molecule has 1 atom stereocenters. The first kappa shape index (κ1) is 20.3. The normalized spacial score (nSPS) is 12.1. The number of ether oxygens (including phenoxy) is 1. The molecule has 0 aliphatic rings. The van der Waals surface area contributed by atoms with E-state index in [2.05, 4.69) is 21.2 Å². The fraction of sp³-hybridized carbons (Fsp3) is 0.250. The van der Waals surface area contributed by atoms with Gasteiger partial charge in [0.2, 0.25) is 0 Å². The summed E-state index contributed by atoms with van der Waals surface area (Å²) < 4.78 is 11.4. The van der Waals surface area contributed by atoms with Crippen molar-refractivity contribution in [2.45, 2.75) is 26.5 Å². The minimum atomic E-state index is -0.796. The summed E-state index contributed by atoms with van der Waals surface area (Å²) in [6, 6.07) is 9.24. The van der Waals surface area contributed by atoms with E-state index in [1.807, 2.05) is 19.9 Å². The van der Waals surface area contributed by atoms with Crippen molar-refractivity contribution in [1.29, 1.82) is 0 Å². The van der Waals surface area contributed by atoms with Crippen LogP contribution < -0.4 is 10.9 Å². The van der Waals surface area contributed by atoms with Crippen LogP contribution in [0.3, 0.4) is 0 Å². The Kier molecular flexibility index (Phi) is 6.31. The topological polar surface area (TPSA) is 85.6 Å². The van der Waals surface area contributed by atoms with E-state index in [1.165, 1.54) is 17.4 Å². The van der Waals surface area contributed by atoms with E-state index in [4.69, 9.17) is 9.15 Å². The van der Waals surface area contributed by atoms with Crippen LogP contribution in [-0.2, 0) is 16.1 Å². The summed E-state index contributed by atoms with van der Waals surface area (Å²) in [4.78, 5) is 37.2. The molecule has 0 bridgehead atoms. The Morgan fingerprint density at radius 3 is 2.71 bits per heavy atom. The van der Waals surface area contributed by atoms with E-state index in [-0.39, 0.29) is 18.4 Å². The number of carbonyl (C=O) groups excluding carboxylic acids is 2. The van der Waals surface area contributed by atoms with Crippen LogP contribution in [0.15, 0.2) is 55.5 Å². The molecule has 0 aliphatic carbocycles. The van der Waals surface area contributed by atoms with Gasteiger partial charge in [0.25, 0.3) is 5.91 Å². The lowest BCUT2D eigenvalue weighted by Gasteiger charge is -2.20.